The summed E-state index contributed by atoms with van der Waals surface area (Å²) < 4.78 is 17.0. The Balaban J connectivity index is 4.51. The molecule has 0 saturated carbocycles. The molecule has 8 nitrogen and oxygen atoms in total. The van der Waals surface area contributed by atoms with Gasteiger partial charge >= 0.3 is 11.9 Å². The Kier molecular flexibility index (Phi) is 30.7. The highest BCUT2D eigenvalue weighted by Crippen LogP contribution is 2.11. The summed E-state index contributed by atoms with van der Waals surface area (Å²) in [5.74, 6) is -1.82. The molecular weight excluding hydrogens is 618 g/mol. The highest BCUT2D eigenvalue weighted by molar-refractivity contribution is 5.70. The van der Waals surface area contributed by atoms with Gasteiger partial charge in [0.15, 0.2) is 6.10 Å². The molecule has 0 radical (unpaired) electrons. The maximum atomic E-state index is 12.6. The lowest BCUT2D eigenvalue weighted by Crippen LogP contribution is -2.55. The van der Waals surface area contributed by atoms with Gasteiger partial charge in [-0.1, -0.05) is 101 Å². The first kappa shape index (κ1) is 46.3. The van der Waals surface area contributed by atoms with E-state index >= 15 is 0 Å². The number of carbonyl (C=O) groups is 3. The smallest absolute Gasteiger partial charge is 0.306 e. The standard InChI is InChI=1S/C41H71NO7/c1-6-8-10-12-14-16-18-20-22-23-25-27-29-31-39(43)48-36-37(35-47-34-33-38(41(45)46)42(3,4)5)49-40(44)32-30-28-26-24-21-19-17-15-13-11-9-7-2/h9,11,15,17,20-22,24,37-38H,6-8,10,12-14,16,18-19,23,25-36H2,1-5H3/b11-9+,17-15+,22-20+,24-21+. The molecule has 0 fully saturated rings. The first-order valence-electron chi connectivity index (χ1n) is 19.2. The number of allylic oxidation sites excluding steroid dienone is 8. The fraction of sp³-hybridized carbons (Fsp3) is 0.732. The van der Waals surface area contributed by atoms with Crippen LogP contribution in [0.1, 0.15) is 142 Å². The van der Waals surface area contributed by atoms with Gasteiger partial charge in [0.1, 0.15) is 12.6 Å². The molecule has 49 heavy (non-hydrogen) atoms. The summed E-state index contributed by atoms with van der Waals surface area (Å²) in [7, 11) is 5.37. The Bertz CT molecular complexity index is 948. The molecule has 0 spiro atoms. The molecule has 0 aliphatic rings. The average molecular weight is 690 g/mol. The van der Waals surface area contributed by atoms with E-state index in [0.29, 0.717) is 12.8 Å². The van der Waals surface area contributed by atoms with Crippen molar-refractivity contribution in [2.24, 2.45) is 0 Å². The molecule has 0 aromatic rings. The van der Waals surface area contributed by atoms with Crippen molar-refractivity contribution in [1.82, 2.24) is 0 Å². The van der Waals surface area contributed by atoms with Gasteiger partial charge in [-0.2, -0.15) is 0 Å². The molecule has 0 bridgehead atoms. The van der Waals surface area contributed by atoms with Crippen LogP contribution in [0, 0.1) is 0 Å². The lowest BCUT2D eigenvalue weighted by molar-refractivity contribution is -0.889. The summed E-state index contributed by atoms with van der Waals surface area (Å²) >= 11 is 0. The molecule has 8 heteroatoms. The van der Waals surface area contributed by atoms with Crippen LogP contribution in [0.5, 0.6) is 0 Å². The van der Waals surface area contributed by atoms with Crippen LogP contribution >= 0.6 is 0 Å². The molecule has 0 saturated heterocycles. The minimum Gasteiger partial charge on any atom is -0.544 e. The predicted molar refractivity (Wildman–Crippen MR) is 199 cm³/mol. The van der Waals surface area contributed by atoms with Gasteiger partial charge in [-0.3, -0.25) is 9.59 Å². The summed E-state index contributed by atoms with van der Waals surface area (Å²) in [6, 6.07) is -0.734. The van der Waals surface area contributed by atoms with Gasteiger partial charge in [-0.25, -0.2) is 0 Å². The molecule has 0 heterocycles. The number of quaternary nitrogens is 1. The molecule has 0 aliphatic heterocycles. The maximum Gasteiger partial charge on any atom is 0.306 e. The number of carboxylic acid groups (broad SMARTS) is 1. The van der Waals surface area contributed by atoms with Gasteiger partial charge in [0.25, 0.3) is 0 Å². The third-order valence-corrected chi connectivity index (χ3v) is 8.20. The van der Waals surface area contributed by atoms with E-state index in [9.17, 15) is 19.5 Å². The highest BCUT2D eigenvalue weighted by atomic mass is 16.6. The van der Waals surface area contributed by atoms with Gasteiger partial charge in [0.05, 0.1) is 40.3 Å². The van der Waals surface area contributed by atoms with Crippen molar-refractivity contribution in [3.63, 3.8) is 0 Å². The Morgan fingerprint density at radius 2 is 1.14 bits per heavy atom. The second kappa shape index (κ2) is 32.5. The third kappa shape index (κ3) is 31.0. The molecule has 2 unspecified atom stereocenters. The van der Waals surface area contributed by atoms with Crippen LogP contribution < -0.4 is 5.11 Å². The summed E-state index contributed by atoms with van der Waals surface area (Å²) in [5, 5.41) is 11.6. The number of aliphatic carboxylic acids is 1. The van der Waals surface area contributed by atoms with E-state index in [2.05, 4.69) is 62.5 Å². The fourth-order valence-electron chi connectivity index (χ4n) is 5.19. The maximum absolute atomic E-state index is 12.6. The number of rotatable bonds is 33. The summed E-state index contributed by atoms with van der Waals surface area (Å²) in [6.07, 6.45) is 35.7. The number of esters is 2. The third-order valence-electron chi connectivity index (χ3n) is 8.20. The Morgan fingerprint density at radius 3 is 1.76 bits per heavy atom. The van der Waals surface area contributed by atoms with Crippen LogP contribution in [0.25, 0.3) is 0 Å². The molecule has 0 aromatic heterocycles. The summed E-state index contributed by atoms with van der Waals surface area (Å²) in [4.78, 5) is 36.6. The molecule has 282 valence electrons. The Labute approximate surface area is 299 Å². The second-order valence-corrected chi connectivity index (χ2v) is 13.8. The minimum absolute atomic E-state index is 0.0193. The van der Waals surface area contributed by atoms with Gasteiger partial charge in [-0.05, 0) is 70.6 Å². The lowest BCUT2D eigenvalue weighted by Gasteiger charge is -2.34. The van der Waals surface area contributed by atoms with Gasteiger partial charge < -0.3 is 28.6 Å². The van der Waals surface area contributed by atoms with Gasteiger partial charge in [0, 0.05) is 19.3 Å². The van der Waals surface area contributed by atoms with Crippen LogP contribution in [0.15, 0.2) is 48.6 Å². The van der Waals surface area contributed by atoms with Gasteiger partial charge in [0.2, 0.25) is 0 Å². The molecular formula is C41H71NO7. The van der Waals surface area contributed by atoms with Crippen LogP contribution in [-0.4, -0.2) is 75.5 Å². The summed E-state index contributed by atoms with van der Waals surface area (Å²) in [5.41, 5.74) is 0. The molecule has 0 aliphatic carbocycles. The topological polar surface area (TPSA) is 102 Å². The number of ether oxygens (including phenoxy) is 3. The number of hydrogen-bond acceptors (Lipinski definition) is 7. The van der Waals surface area contributed by atoms with E-state index in [1.54, 1.807) is 21.1 Å². The molecule has 0 N–H and O–H groups in total. The van der Waals surface area contributed by atoms with Crippen LogP contribution in [0.2, 0.25) is 0 Å². The van der Waals surface area contributed by atoms with Crippen LogP contribution in [-0.2, 0) is 28.6 Å². The monoisotopic (exact) mass is 690 g/mol. The van der Waals surface area contributed by atoms with Gasteiger partial charge in [-0.15, -0.1) is 0 Å². The number of likely N-dealkylation sites (N-methyl/N-ethyl adjacent to an activating group) is 1. The molecule has 0 rings (SSSR count). The van der Waals surface area contributed by atoms with Crippen molar-refractivity contribution in [1.29, 1.82) is 0 Å². The Morgan fingerprint density at radius 1 is 0.633 bits per heavy atom. The SMILES string of the molecule is CC/C=C/C/C=C/C/C=C/CCCCC(=O)OC(COCCC(C(=O)[O-])[N+](C)(C)C)COC(=O)CCCCC/C=C/CCCCCCCC. The number of hydrogen-bond donors (Lipinski definition) is 0. The number of nitrogens with zero attached hydrogens (tertiary/aromatic N) is 1. The van der Waals surface area contributed by atoms with Crippen LogP contribution in [0.3, 0.4) is 0 Å². The van der Waals surface area contributed by atoms with E-state index in [-0.39, 0.29) is 49.1 Å². The Hall–Kier alpha value is -2.71. The van der Waals surface area contributed by atoms with Crippen molar-refractivity contribution < 1.29 is 38.2 Å². The number of carbonyl (C=O) groups excluding carboxylic acids is 3. The van der Waals surface area contributed by atoms with Crippen molar-refractivity contribution in [3.8, 4) is 0 Å². The molecule has 0 amide bonds. The molecule has 2 atom stereocenters. The second-order valence-electron chi connectivity index (χ2n) is 13.8. The minimum atomic E-state index is -1.14. The van der Waals surface area contributed by atoms with E-state index in [1.165, 1.54) is 38.5 Å². The normalized spacial score (nSPS) is 13.6. The van der Waals surface area contributed by atoms with E-state index < -0.39 is 18.1 Å². The molecule has 0 aromatic carbocycles. The fourth-order valence-corrected chi connectivity index (χ4v) is 5.19. The summed E-state index contributed by atoms with van der Waals surface area (Å²) in [6.45, 7) is 4.45. The lowest BCUT2D eigenvalue weighted by atomic mass is 10.1. The van der Waals surface area contributed by atoms with Crippen molar-refractivity contribution >= 4 is 17.9 Å². The number of unbranched alkanes of at least 4 members (excludes halogenated alkanes) is 11. The van der Waals surface area contributed by atoms with Crippen molar-refractivity contribution in [3.05, 3.63) is 48.6 Å². The van der Waals surface area contributed by atoms with E-state index in [1.807, 2.05) is 0 Å². The zero-order valence-electron chi connectivity index (χ0n) is 31.8. The van der Waals surface area contributed by atoms with Crippen molar-refractivity contribution in [2.75, 3.05) is 41.0 Å². The average Bonchev–Trinajstić information content (AvgIpc) is 3.05. The first-order chi connectivity index (χ1) is 23.6. The number of carboxylic acids is 1. The predicted octanol–water partition coefficient (Wildman–Crippen LogP) is 8.35. The largest absolute Gasteiger partial charge is 0.544 e. The van der Waals surface area contributed by atoms with E-state index in [4.69, 9.17) is 14.2 Å². The first-order valence-corrected chi connectivity index (χ1v) is 19.2. The van der Waals surface area contributed by atoms with Crippen LogP contribution in [0.4, 0.5) is 0 Å². The zero-order valence-corrected chi connectivity index (χ0v) is 31.8. The van der Waals surface area contributed by atoms with E-state index in [0.717, 1.165) is 64.2 Å². The highest BCUT2D eigenvalue weighted by Gasteiger charge is 2.25. The van der Waals surface area contributed by atoms with Crippen molar-refractivity contribution in [2.45, 2.75) is 154 Å². The quantitative estimate of drug-likeness (QED) is 0.0295. The zero-order chi connectivity index (χ0) is 36.4.